The fourth-order valence-electron chi connectivity index (χ4n) is 1.78. The molecule has 1 aromatic rings. The van der Waals surface area contributed by atoms with Crippen molar-refractivity contribution in [2.45, 2.75) is 12.5 Å². The fraction of sp³-hybridized carbons (Fsp3) is 0.462. The van der Waals surface area contributed by atoms with E-state index in [1.54, 1.807) is 19.2 Å². The number of esters is 1. The predicted octanol–water partition coefficient (Wildman–Crippen LogP) is 2.20. The van der Waals surface area contributed by atoms with Gasteiger partial charge >= 0.3 is 5.97 Å². The van der Waals surface area contributed by atoms with Crippen LogP contribution in [0.5, 0.6) is 5.75 Å². The van der Waals surface area contributed by atoms with E-state index in [0.29, 0.717) is 30.8 Å². The highest BCUT2D eigenvalue weighted by molar-refractivity contribution is 5.78. The Morgan fingerprint density at radius 3 is 2.85 bits per heavy atom. The van der Waals surface area contributed by atoms with Crippen LogP contribution in [0.15, 0.2) is 29.4 Å². The molecule has 0 amide bonds. The van der Waals surface area contributed by atoms with Crippen LogP contribution in [-0.2, 0) is 9.53 Å². The van der Waals surface area contributed by atoms with Gasteiger partial charge in [0.15, 0.2) is 0 Å². The molecule has 0 saturated carbocycles. The van der Waals surface area contributed by atoms with E-state index in [2.05, 4.69) is 15.3 Å². The Kier molecular flexibility index (Phi) is 6.95. The molecule has 0 saturated heterocycles. The average molecular weight is 278 g/mol. The number of hydrogen-bond donors (Lipinski definition) is 1. The normalized spacial score (nSPS) is 11.3. The second-order valence-corrected chi connectivity index (χ2v) is 3.96. The van der Waals surface area contributed by atoms with Gasteiger partial charge in [-0.05, 0) is 24.6 Å². The highest BCUT2D eigenvalue weighted by atomic mass is 16.5. The number of hydrogen-bond acceptors (Lipinski definition) is 5. The summed E-state index contributed by atoms with van der Waals surface area (Å²) < 4.78 is 10.1. The number of para-hydroxylation sites is 1. The van der Waals surface area contributed by atoms with E-state index in [-0.39, 0.29) is 0 Å². The van der Waals surface area contributed by atoms with Gasteiger partial charge in [0.1, 0.15) is 11.8 Å². The van der Waals surface area contributed by atoms with Gasteiger partial charge in [0, 0.05) is 17.0 Å². The number of nitrogens with zero attached hydrogens (tertiary/aromatic N) is 3. The molecule has 1 aromatic carbocycles. The Labute approximate surface area is 117 Å². The van der Waals surface area contributed by atoms with Crippen LogP contribution in [0, 0.1) is 0 Å². The number of rotatable bonds is 8. The van der Waals surface area contributed by atoms with Crippen LogP contribution in [0.3, 0.4) is 0 Å². The molecule has 7 heteroatoms. The van der Waals surface area contributed by atoms with Crippen LogP contribution in [0.1, 0.15) is 18.0 Å². The van der Waals surface area contributed by atoms with Crippen molar-refractivity contribution in [1.29, 1.82) is 0 Å². The van der Waals surface area contributed by atoms with E-state index in [9.17, 15) is 4.79 Å². The van der Waals surface area contributed by atoms with Gasteiger partial charge in [0.05, 0.1) is 14.2 Å². The number of nitrogens with one attached hydrogen (secondary N) is 1. The molecule has 0 aliphatic carbocycles. The van der Waals surface area contributed by atoms with E-state index in [4.69, 9.17) is 15.0 Å². The Morgan fingerprint density at radius 2 is 2.20 bits per heavy atom. The topological polar surface area (TPSA) is 96.3 Å². The van der Waals surface area contributed by atoms with Crippen molar-refractivity contribution in [3.8, 4) is 5.75 Å². The zero-order valence-corrected chi connectivity index (χ0v) is 11.6. The minimum absolute atomic E-state index is 0.378. The summed E-state index contributed by atoms with van der Waals surface area (Å²) in [6, 6.07) is 6.64. The highest BCUT2D eigenvalue weighted by Gasteiger charge is 2.23. The molecule has 1 N–H and O–H groups in total. The molecule has 1 rings (SSSR count). The van der Waals surface area contributed by atoms with E-state index in [0.717, 1.165) is 0 Å². The Balaban J connectivity index is 2.78. The van der Waals surface area contributed by atoms with Crippen molar-refractivity contribution in [1.82, 2.24) is 5.32 Å². The van der Waals surface area contributed by atoms with Crippen molar-refractivity contribution in [3.05, 3.63) is 40.3 Å². The van der Waals surface area contributed by atoms with Crippen molar-refractivity contribution in [2.24, 2.45) is 5.11 Å². The van der Waals surface area contributed by atoms with Crippen molar-refractivity contribution >= 4 is 5.97 Å². The summed E-state index contributed by atoms with van der Waals surface area (Å²) in [5.41, 5.74) is 8.91. The lowest BCUT2D eigenvalue weighted by atomic mass is 10.1. The van der Waals surface area contributed by atoms with Crippen LogP contribution in [0.2, 0.25) is 0 Å². The molecule has 0 radical (unpaired) electrons. The van der Waals surface area contributed by atoms with Gasteiger partial charge in [-0.15, -0.1) is 0 Å². The van der Waals surface area contributed by atoms with E-state index < -0.39 is 12.0 Å². The predicted molar refractivity (Wildman–Crippen MR) is 74.4 cm³/mol. The SMILES string of the molecule is COC(=O)C(NCCCN=[N+]=[N-])c1ccccc1OC. The molecule has 0 spiro atoms. The monoisotopic (exact) mass is 278 g/mol. The Bertz CT molecular complexity index is 486. The lowest BCUT2D eigenvalue weighted by Crippen LogP contribution is -2.31. The largest absolute Gasteiger partial charge is 0.496 e. The minimum atomic E-state index is -0.609. The quantitative estimate of drug-likeness (QED) is 0.259. The highest BCUT2D eigenvalue weighted by Crippen LogP contribution is 2.25. The summed E-state index contributed by atoms with van der Waals surface area (Å²) in [7, 11) is 2.89. The smallest absolute Gasteiger partial charge is 0.327 e. The summed E-state index contributed by atoms with van der Waals surface area (Å²) >= 11 is 0. The molecule has 108 valence electrons. The lowest BCUT2D eigenvalue weighted by molar-refractivity contribution is -0.143. The number of benzene rings is 1. The van der Waals surface area contributed by atoms with E-state index in [1.165, 1.54) is 7.11 Å². The van der Waals surface area contributed by atoms with E-state index >= 15 is 0 Å². The summed E-state index contributed by atoms with van der Waals surface area (Å²) in [4.78, 5) is 14.6. The van der Waals surface area contributed by atoms with Crippen LogP contribution < -0.4 is 10.1 Å². The van der Waals surface area contributed by atoms with Crippen molar-refractivity contribution < 1.29 is 14.3 Å². The summed E-state index contributed by atoms with van der Waals surface area (Å²) in [5, 5.41) is 6.52. The number of carbonyl (C=O) groups excluding carboxylic acids is 1. The summed E-state index contributed by atoms with van der Waals surface area (Å²) in [6.45, 7) is 0.903. The maximum atomic E-state index is 11.9. The number of azide groups is 1. The van der Waals surface area contributed by atoms with Crippen LogP contribution in [0.25, 0.3) is 10.4 Å². The number of ether oxygens (including phenoxy) is 2. The van der Waals surface area contributed by atoms with Gasteiger partial charge < -0.3 is 14.8 Å². The number of methoxy groups -OCH3 is 2. The fourth-order valence-corrected chi connectivity index (χ4v) is 1.78. The van der Waals surface area contributed by atoms with Crippen LogP contribution in [0.4, 0.5) is 0 Å². The van der Waals surface area contributed by atoms with Gasteiger partial charge in [0.2, 0.25) is 0 Å². The third kappa shape index (κ3) is 4.46. The molecule has 1 unspecified atom stereocenters. The van der Waals surface area contributed by atoms with Gasteiger partial charge in [-0.25, -0.2) is 4.79 Å². The molecule has 7 nitrogen and oxygen atoms in total. The first-order valence-corrected chi connectivity index (χ1v) is 6.19. The molecule has 1 atom stereocenters. The summed E-state index contributed by atoms with van der Waals surface area (Å²) in [6.07, 6.45) is 0.632. The first kappa shape index (κ1) is 15.8. The molecule has 0 bridgehead atoms. The molecule has 0 fully saturated rings. The molecule has 20 heavy (non-hydrogen) atoms. The van der Waals surface area contributed by atoms with Crippen LogP contribution in [-0.4, -0.2) is 33.3 Å². The van der Waals surface area contributed by atoms with Crippen LogP contribution >= 0.6 is 0 Å². The van der Waals surface area contributed by atoms with Gasteiger partial charge in [-0.3, -0.25) is 0 Å². The molecular formula is C13H18N4O3. The van der Waals surface area contributed by atoms with Gasteiger partial charge in [0.25, 0.3) is 0 Å². The molecular weight excluding hydrogens is 260 g/mol. The van der Waals surface area contributed by atoms with Gasteiger partial charge in [-0.1, -0.05) is 23.3 Å². The standard InChI is InChI=1S/C13H18N4O3/c1-19-11-7-4-3-6-10(11)12(13(18)20-2)15-8-5-9-16-17-14/h3-4,6-7,12,15H,5,8-9H2,1-2H3. The first-order chi connectivity index (χ1) is 9.74. The van der Waals surface area contributed by atoms with Gasteiger partial charge in [-0.2, -0.15) is 0 Å². The second-order valence-electron chi connectivity index (χ2n) is 3.96. The second kappa shape index (κ2) is 8.79. The molecule has 0 aromatic heterocycles. The van der Waals surface area contributed by atoms with Crippen molar-refractivity contribution in [3.63, 3.8) is 0 Å². The van der Waals surface area contributed by atoms with E-state index in [1.807, 2.05) is 12.1 Å². The maximum Gasteiger partial charge on any atom is 0.327 e. The third-order valence-electron chi connectivity index (χ3n) is 2.73. The Hall–Kier alpha value is -2.24. The van der Waals surface area contributed by atoms with Crippen molar-refractivity contribution in [2.75, 3.05) is 27.3 Å². The zero-order chi connectivity index (χ0) is 14.8. The number of carbonyl (C=O) groups is 1. The lowest BCUT2D eigenvalue weighted by Gasteiger charge is -2.19. The molecule has 0 heterocycles. The zero-order valence-electron chi connectivity index (χ0n) is 11.6. The maximum absolute atomic E-state index is 11.9. The summed E-state index contributed by atoms with van der Waals surface area (Å²) in [5.74, 6) is 0.226. The Morgan fingerprint density at radius 1 is 1.45 bits per heavy atom. The molecule has 0 aliphatic rings. The first-order valence-electron chi connectivity index (χ1n) is 6.19. The average Bonchev–Trinajstić information content (AvgIpc) is 2.50. The minimum Gasteiger partial charge on any atom is -0.496 e. The molecule has 0 aliphatic heterocycles. The third-order valence-corrected chi connectivity index (χ3v) is 2.73.